The molecule has 2 aromatic rings. The number of nitrogens with zero attached hydrogens (tertiary/aromatic N) is 1. The normalized spacial score (nSPS) is 10.6. The summed E-state index contributed by atoms with van der Waals surface area (Å²) in [5.41, 5.74) is 3.35. The van der Waals surface area contributed by atoms with Crippen molar-refractivity contribution in [3.05, 3.63) is 34.7 Å². The molecule has 0 atom stereocenters. The number of carboxylic acid groups (broad SMARTS) is 1. The molecular formula is C14H15NO2S2. The quantitative estimate of drug-likeness (QED) is 0.851. The number of hydrogen-bond donors (Lipinski definition) is 1. The van der Waals surface area contributed by atoms with E-state index in [9.17, 15) is 4.79 Å². The number of rotatable bonds is 5. The summed E-state index contributed by atoms with van der Waals surface area (Å²) in [5.74, 6) is -0.757. The molecule has 0 saturated carbocycles. The maximum Gasteiger partial charge on any atom is 0.313 e. The van der Waals surface area contributed by atoms with Gasteiger partial charge in [-0.05, 0) is 18.9 Å². The summed E-state index contributed by atoms with van der Waals surface area (Å²) >= 11 is 2.82. The minimum Gasteiger partial charge on any atom is -0.481 e. The van der Waals surface area contributed by atoms with E-state index in [1.807, 2.05) is 6.92 Å². The lowest BCUT2D eigenvalue weighted by Gasteiger charge is -2.00. The molecule has 1 aromatic carbocycles. The van der Waals surface area contributed by atoms with Crippen LogP contribution in [-0.4, -0.2) is 21.8 Å². The van der Waals surface area contributed by atoms with Gasteiger partial charge in [-0.3, -0.25) is 4.79 Å². The van der Waals surface area contributed by atoms with Gasteiger partial charge < -0.3 is 5.11 Å². The number of aryl methyl sites for hydroxylation is 2. The molecule has 1 aromatic heterocycles. The van der Waals surface area contributed by atoms with Crippen LogP contribution in [0.2, 0.25) is 0 Å². The van der Waals surface area contributed by atoms with E-state index in [1.54, 1.807) is 11.3 Å². The second-order valence-electron chi connectivity index (χ2n) is 4.12. The molecule has 0 amide bonds. The second-order valence-corrected chi connectivity index (χ2v) is 6.54. The summed E-state index contributed by atoms with van der Waals surface area (Å²) in [4.78, 5) is 16.2. The largest absolute Gasteiger partial charge is 0.481 e. The van der Waals surface area contributed by atoms with Gasteiger partial charge in [-0.2, -0.15) is 0 Å². The van der Waals surface area contributed by atoms with Gasteiger partial charge >= 0.3 is 5.97 Å². The second kappa shape index (κ2) is 6.21. The highest BCUT2D eigenvalue weighted by molar-refractivity contribution is 8.01. The molecule has 0 spiro atoms. The third kappa shape index (κ3) is 3.58. The zero-order chi connectivity index (χ0) is 13.8. The first-order valence-electron chi connectivity index (χ1n) is 6.01. The number of thiazole rings is 1. The van der Waals surface area contributed by atoms with Gasteiger partial charge in [-0.1, -0.05) is 43.0 Å². The van der Waals surface area contributed by atoms with Crippen molar-refractivity contribution < 1.29 is 9.90 Å². The third-order valence-corrected chi connectivity index (χ3v) is 4.83. The summed E-state index contributed by atoms with van der Waals surface area (Å²) in [6.45, 7) is 4.15. The number of thioether (sulfide) groups is 1. The Morgan fingerprint density at radius 3 is 2.63 bits per heavy atom. The van der Waals surface area contributed by atoms with Crippen LogP contribution in [0, 0.1) is 6.92 Å². The Balaban J connectivity index is 2.21. The first kappa shape index (κ1) is 14.1. The van der Waals surface area contributed by atoms with Crippen LogP contribution in [-0.2, 0) is 11.2 Å². The highest BCUT2D eigenvalue weighted by Gasteiger charge is 2.11. The number of carbonyl (C=O) groups is 1. The fourth-order valence-corrected chi connectivity index (χ4v) is 3.57. The molecule has 2 rings (SSSR count). The molecule has 1 heterocycles. The van der Waals surface area contributed by atoms with Crippen LogP contribution in [0.5, 0.6) is 0 Å². The van der Waals surface area contributed by atoms with Crippen molar-refractivity contribution in [2.24, 2.45) is 0 Å². The number of aliphatic carboxylic acids is 1. The lowest BCUT2D eigenvalue weighted by molar-refractivity contribution is -0.133. The Hall–Kier alpha value is -1.33. The van der Waals surface area contributed by atoms with Crippen molar-refractivity contribution in [1.29, 1.82) is 0 Å². The van der Waals surface area contributed by atoms with Crippen molar-refractivity contribution in [3.8, 4) is 11.3 Å². The SMILES string of the molecule is CCc1ccc(-c2nc(SCC(=O)O)sc2C)cc1. The Bertz CT molecular complexity index is 576. The number of aromatic nitrogens is 1. The summed E-state index contributed by atoms with van der Waals surface area (Å²) in [7, 11) is 0. The van der Waals surface area contributed by atoms with Gasteiger partial charge in [0.05, 0.1) is 11.4 Å². The molecule has 0 fully saturated rings. The van der Waals surface area contributed by atoms with Gasteiger partial charge in [-0.25, -0.2) is 4.98 Å². The van der Waals surface area contributed by atoms with Gasteiger partial charge in [0.25, 0.3) is 0 Å². The van der Waals surface area contributed by atoms with E-state index in [2.05, 4.69) is 36.2 Å². The van der Waals surface area contributed by atoms with Crippen molar-refractivity contribution in [3.63, 3.8) is 0 Å². The topological polar surface area (TPSA) is 50.2 Å². The number of hydrogen-bond acceptors (Lipinski definition) is 4. The molecule has 0 saturated heterocycles. The van der Waals surface area contributed by atoms with Gasteiger partial charge in [-0.15, -0.1) is 11.3 Å². The van der Waals surface area contributed by atoms with Gasteiger partial charge in [0, 0.05) is 10.4 Å². The molecule has 0 radical (unpaired) electrons. The molecule has 3 nitrogen and oxygen atoms in total. The predicted octanol–water partition coefficient (Wildman–Crippen LogP) is 3.86. The van der Waals surface area contributed by atoms with Crippen LogP contribution in [0.3, 0.4) is 0 Å². The van der Waals surface area contributed by atoms with Crippen LogP contribution in [0.25, 0.3) is 11.3 Å². The van der Waals surface area contributed by atoms with Crippen molar-refractivity contribution in [1.82, 2.24) is 4.98 Å². The molecular weight excluding hydrogens is 278 g/mol. The van der Waals surface area contributed by atoms with Crippen molar-refractivity contribution in [2.45, 2.75) is 24.6 Å². The fraction of sp³-hybridized carbons (Fsp3) is 0.286. The Morgan fingerprint density at radius 1 is 1.37 bits per heavy atom. The smallest absolute Gasteiger partial charge is 0.313 e. The van der Waals surface area contributed by atoms with Crippen molar-refractivity contribution in [2.75, 3.05) is 5.75 Å². The van der Waals surface area contributed by atoms with E-state index < -0.39 is 5.97 Å². The molecule has 0 aliphatic heterocycles. The van der Waals surface area contributed by atoms with Crippen LogP contribution in [0.4, 0.5) is 0 Å². The standard InChI is InChI=1S/C14H15NO2S2/c1-3-10-4-6-11(7-5-10)13-9(2)19-14(15-13)18-8-12(16)17/h4-7H,3,8H2,1-2H3,(H,16,17). The summed E-state index contributed by atoms with van der Waals surface area (Å²) in [5, 5.41) is 8.68. The fourth-order valence-electron chi connectivity index (χ4n) is 1.72. The number of carboxylic acids is 1. The van der Waals surface area contributed by atoms with E-state index in [0.717, 1.165) is 26.9 Å². The maximum atomic E-state index is 10.6. The van der Waals surface area contributed by atoms with Crippen LogP contribution in [0.15, 0.2) is 28.6 Å². The highest BCUT2D eigenvalue weighted by Crippen LogP contribution is 2.32. The van der Waals surface area contributed by atoms with Gasteiger partial charge in [0.1, 0.15) is 0 Å². The van der Waals surface area contributed by atoms with Gasteiger partial charge in [0.15, 0.2) is 4.34 Å². The molecule has 0 aliphatic rings. The lowest BCUT2D eigenvalue weighted by atomic mass is 10.1. The summed E-state index contributed by atoms with van der Waals surface area (Å²) < 4.78 is 0.814. The van der Waals surface area contributed by atoms with Crippen LogP contribution >= 0.6 is 23.1 Å². The molecule has 0 unspecified atom stereocenters. The molecule has 19 heavy (non-hydrogen) atoms. The summed E-state index contributed by atoms with van der Waals surface area (Å²) in [6.07, 6.45) is 1.02. The zero-order valence-corrected chi connectivity index (χ0v) is 12.5. The lowest BCUT2D eigenvalue weighted by Crippen LogP contribution is -1.96. The molecule has 100 valence electrons. The zero-order valence-electron chi connectivity index (χ0n) is 10.8. The summed E-state index contributed by atoms with van der Waals surface area (Å²) in [6, 6.07) is 8.37. The van der Waals surface area contributed by atoms with Crippen LogP contribution in [0.1, 0.15) is 17.4 Å². The minimum atomic E-state index is -0.813. The Kier molecular flexibility index (Phi) is 4.61. The molecule has 0 aliphatic carbocycles. The molecule has 5 heteroatoms. The Morgan fingerprint density at radius 2 is 2.05 bits per heavy atom. The third-order valence-electron chi connectivity index (χ3n) is 2.73. The number of benzene rings is 1. The average molecular weight is 293 g/mol. The molecule has 0 bridgehead atoms. The Labute approximate surface area is 120 Å². The van der Waals surface area contributed by atoms with Crippen LogP contribution < -0.4 is 0 Å². The average Bonchev–Trinajstić information content (AvgIpc) is 2.78. The predicted molar refractivity (Wildman–Crippen MR) is 80.0 cm³/mol. The highest BCUT2D eigenvalue weighted by atomic mass is 32.2. The minimum absolute atomic E-state index is 0.0567. The van der Waals surface area contributed by atoms with E-state index in [4.69, 9.17) is 5.11 Å². The first-order valence-corrected chi connectivity index (χ1v) is 7.81. The van der Waals surface area contributed by atoms with E-state index in [0.29, 0.717) is 0 Å². The van der Waals surface area contributed by atoms with E-state index in [-0.39, 0.29) is 5.75 Å². The van der Waals surface area contributed by atoms with Gasteiger partial charge in [0.2, 0.25) is 0 Å². The van der Waals surface area contributed by atoms with E-state index >= 15 is 0 Å². The van der Waals surface area contributed by atoms with E-state index in [1.165, 1.54) is 17.3 Å². The molecule has 1 N–H and O–H groups in total. The maximum absolute atomic E-state index is 10.6. The first-order chi connectivity index (χ1) is 9.10. The monoisotopic (exact) mass is 293 g/mol. The van der Waals surface area contributed by atoms with Crippen molar-refractivity contribution >= 4 is 29.1 Å².